The first-order valence-corrected chi connectivity index (χ1v) is 3.52. The van der Waals surface area contributed by atoms with Gasteiger partial charge in [0.15, 0.2) is 11.6 Å². The van der Waals surface area contributed by atoms with E-state index in [4.69, 9.17) is 0 Å². The third kappa shape index (κ3) is 2.12. The summed E-state index contributed by atoms with van der Waals surface area (Å²) >= 11 is 3.35. The zero-order valence-electron chi connectivity index (χ0n) is 5.99. The van der Waals surface area contributed by atoms with Crippen LogP contribution >= 0.6 is 12.6 Å². The molecular formula is C7H3F5S. The average molecular weight is 214 g/mol. The van der Waals surface area contributed by atoms with Crippen molar-refractivity contribution in [3.05, 3.63) is 29.3 Å². The van der Waals surface area contributed by atoms with Crippen molar-refractivity contribution in [1.29, 1.82) is 0 Å². The Morgan fingerprint density at radius 3 is 2.00 bits per heavy atom. The molecule has 0 aliphatic rings. The molecule has 0 saturated carbocycles. The first kappa shape index (κ1) is 10.3. The van der Waals surface area contributed by atoms with Gasteiger partial charge in [-0.1, -0.05) is 0 Å². The zero-order valence-corrected chi connectivity index (χ0v) is 6.89. The smallest absolute Gasteiger partial charge is 0.204 e. The largest absolute Gasteiger partial charge is 0.416 e. The zero-order chi connectivity index (χ0) is 10.2. The van der Waals surface area contributed by atoms with Crippen molar-refractivity contribution in [3.8, 4) is 0 Å². The third-order valence-electron chi connectivity index (χ3n) is 1.34. The monoisotopic (exact) mass is 214 g/mol. The SMILES string of the molecule is Fc1cc(C(F)(F)F)cc(S)c1F. The highest BCUT2D eigenvalue weighted by atomic mass is 32.1. The van der Waals surface area contributed by atoms with Gasteiger partial charge in [0.25, 0.3) is 0 Å². The third-order valence-corrected chi connectivity index (χ3v) is 1.66. The molecule has 0 heterocycles. The van der Waals surface area contributed by atoms with Gasteiger partial charge in [0, 0.05) is 4.90 Å². The first-order chi connectivity index (χ1) is 5.82. The van der Waals surface area contributed by atoms with Gasteiger partial charge < -0.3 is 0 Å². The summed E-state index contributed by atoms with van der Waals surface area (Å²) in [7, 11) is 0. The van der Waals surface area contributed by atoms with Crippen molar-refractivity contribution in [1.82, 2.24) is 0 Å². The van der Waals surface area contributed by atoms with Gasteiger partial charge >= 0.3 is 6.18 Å². The van der Waals surface area contributed by atoms with Gasteiger partial charge in [-0.3, -0.25) is 0 Å². The molecule has 1 aromatic rings. The Kier molecular flexibility index (Phi) is 2.51. The van der Waals surface area contributed by atoms with E-state index in [1.807, 2.05) is 0 Å². The van der Waals surface area contributed by atoms with Crippen LogP contribution in [0.3, 0.4) is 0 Å². The topological polar surface area (TPSA) is 0 Å². The molecule has 0 N–H and O–H groups in total. The minimum atomic E-state index is -4.69. The van der Waals surface area contributed by atoms with Crippen LogP contribution in [0.4, 0.5) is 22.0 Å². The Bertz CT molecular complexity index is 307. The Labute approximate surface area is 75.8 Å². The van der Waals surface area contributed by atoms with Crippen LogP contribution in [0.25, 0.3) is 0 Å². The fourth-order valence-electron chi connectivity index (χ4n) is 0.738. The molecule has 0 aliphatic heterocycles. The average Bonchev–Trinajstić information content (AvgIpc) is 1.97. The van der Waals surface area contributed by atoms with Crippen LogP contribution in [0.2, 0.25) is 0 Å². The molecule has 0 aliphatic carbocycles. The Hall–Kier alpha value is -0.780. The lowest BCUT2D eigenvalue weighted by atomic mass is 10.2. The second-order valence-corrected chi connectivity index (χ2v) is 2.77. The Morgan fingerprint density at radius 1 is 1.08 bits per heavy atom. The molecule has 0 amide bonds. The molecule has 1 rings (SSSR count). The summed E-state index contributed by atoms with van der Waals surface area (Å²) in [5.41, 5.74) is -1.25. The molecule has 13 heavy (non-hydrogen) atoms. The van der Waals surface area contributed by atoms with Crippen LogP contribution in [-0.2, 0) is 6.18 Å². The second kappa shape index (κ2) is 3.17. The van der Waals surface area contributed by atoms with Crippen molar-refractivity contribution in [2.45, 2.75) is 11.1 Å². The minimum Gasteiger partial charge on any atom is -0.204 e. The van der Waals surface area contributed by atoms with E-state index in [-0.39, 0.29) is 6.07 Å². The van der Waals surface area contributed by atoms with E-state index in [1.165, 1.54) is 0 Å². The van der Waals surface area contributed by atoms with Crippen molar-refractivity contribution in [3.63, 3.8) is 0 Å². The van der Waals surface area contributed by atoms with Crippen LogP contribution in [0.5, 0.6) is 0 Å². The normalized spacial score (nSPS) is 11.8. The van der Waals surface area contributed by atoms with Gasteiger partial charge in [-0.2, -0.15) is 13.2 Å². The summed E-state index contributed by atoms with van der Waals surface area (Å²) in [5, 5.41) is 0. The lowest BCUT2D eigenvalue weighted by molar-refractivity contribution is -0.138. The van der Waals surface area contributed by atoms with Gasteiger partial charge in [0.2, 0.25) is 0 Å². The number of alkyl halides is 3. The fraction of sp³-hybridized carbons (Fsp3) is 0.143. The fourth-order valence-corrected chi connectivity index (χ4v) is 0.984. The molecular weight excluding hydrogens is 211 g/mol. The molecule has 0 bridgehead atoms. The molecule has 0 unspecified atom stereocenters. The van der Waals surface area contributed by atoms with E-state index in [0.717, 1.165) is 0 Å². The number of rotatable bonds is 0. The van der Waals surface area contributed by atoms with Crippen molar-refractivity contribution in [2.24, 2.45) is 0 Å². The second-order valence-electron chi connectivity index (χ2n) is 2.29. The highest BCUT2D eigenvalue weighted by Crippen LogP contribution is 2.32. The maximum atomic E-state index is 12.5. The molecule has 0 nitrogen and oxygen atoms in total. The summed E-state index contributed by atoms with van der Waals surface area (Å²) < 4.78 is 60.8. The predicted octanol–water partition coefficient (Wildman–Crippen LogP) is 3.27. The van der Waals surface area contributed by atoms with Crippen LogP contribution < -0.4 is 0 Å². The molecule has 0 radical (unpaired) electrons. The number of benzene rings is 1. The highest BCUT2D eigenvalue weighted by molar-refractivity contribution is 7.80. The van der Waals surface area contributed by atoms with Gasteiger partial charge in [0.05, 0.1) is 5.56 Å². The quantitative estimate of drug-likeness (QED) is 0.497. The predicted molar refractivity (Wildman–Crippen MR) is 38.6 cm³/mol. The van der Waals surface area contributed by atoms with Gasteiger partial charge in [-0.05, 0) is 12.1 Å². The summed E-state index contributed by atoms with van der Waals surface area (Å²) in [6.45, 7) is 0. The first-order valence-electron chi connectivity index (χ1n) is 3.07. The van der Waals surface area contributed by atoms with Gasteiger partial charge in [0.1, 0.15) is 0 Å². The molecule has 1 aromatic carbocycles. The minimum absolute atomic E-state index is 0.0923. The Balaban J connectivity index is 3.29. The van der Waals surface area contributed by atoms with Crippen molar-refractivity contribution >= 4 is 12.6 Å². The van der Waals surface area contributed by atoms with Crippen LogP contribution in [0.15, 0.2) is 17.0 Å². The van der Waals surface area contributed by atoms with E-state index in [2.05, 4.69) is 12.6 Å². The molecule has 72 valence electrons. The molecule has 0 aromatic heterocycles. The van der Waals surface area contributed by atoms with Gasteiger partial charge in [-0.25, -0.2) is 8.78 Å². The highest BCUT2D eigenvalue weighted by Gasteiger charge is 2.32. The van der Waals surface area contributed by atoms with Crippen molar-refractivity contribution < 1.29 is 22.0 Å². The Morgan fingerprint density at radius 2 is 1.62 bits per heavy atom. The summed E-state index contributed by atoms with van der Waals surface area (Å²) in [6, 6.07) is 0.524. The maximum absolute atomic E-state index is 12.5. The molecule has 0 atom stereocenters. The van der Waals surface area contributed by atoms with E-state index >= 15 is 0 Å². The molecule has 6 heteroatoms. The number of thiol groups is 1. The van der Waals surface area contributed by atoms with Crippen LogP contribution in [0, 0.1) is 11.6 Å². The molecule has 0 fully saturated rings. The van der Waals surface area contributed by atoms with Crippen molar-refractivity contribution in [2.75, 3.05) is 0 Å². The van der Waals surface area contributed by atoms with Crippen LogP contribution in [-0.4, -0.2) is 0 Å². The van der Waals surface area contributed by atoms with Crippen LogP contribution in [0.1, 0.15) is 5.56 Å². The maximum Gasteiger partial charge on any atom is 0.416 e. The summed E-state index contributed by atoms with van der Waals surface area (Å²) in [6.07, 6.45) is -4.69. The van der Waals surface area contributed by atoms with E-state index in [9.17, 15) is 22.0 Å². The molecule has 0 spiro atoms. The standard InChI is InChI=1S/C7H3F5S/c8-4-1-3(7(10,11)12)2-5(13)6(4)9/h1-2,13H. The number of halogens is 5. The van der Waals surface area contributed by atoms with E-state index in [1.54, 1.807) is 0 Å². The summed E-state index contributed by atoms with van der Waals surface area (Å²) in [5.74, 6) is -2.93. The van der Waals surface area contributed by atoms with E-state index in [0.29, 0.717) is 6.07 Å². The lowest BCUT2D eigenvalue weighted by Gasteiger charge is -2.07. The number of hydrogen-bond donors (Lipinski definition) is 1. The van der Waals surface area contributed by atoms with Gasteiger partial charge in [-0.15, -0.1) is 12.6 Å². The number of hydrogen-bond acceptors (Lipinski definition) is 1. The molecule has 0 saturated heterocycles. The summed E-state index contributed by atoms with van der Waals surface area (Å²) in [4.78, 5) is -0.660. The lowest BCUT2D eigenvalue weighted by Crippen LogP contribution is -2.06. The van der Waals surface area contributed by atoms with E-state index < -0.39 is 28.3 Å².